The minimum atomic E-state index is 0.192. The minimum absolute atomic E-state index is 0.192. The summed E-state index contributed by atoms with van der Waals surface area (Å²) in [6.07, 6.45) is 19.3. The van der Waals surface area contributed by atoms with Crippen molar-refractivity contribution in [1.29, 1.82) is 0 Å². The van der Waals surface area contributed by atoms with Crippen LogP contribution in [0.15, 0.2) is 12.2 Å². The second-order valence-corrected chi connectivity index (χ2v) is 12.2. The number of allylic oxidation sites excluding steroid dienone is 1. The molecular formula is C25H38O. The molecule has 0 bridgehead atoms. The van der Waals surface area contributed by atoms with Crippen LogP contribution in [-0.2, 0) is 4.74 Å². The Labute approximate surface area is 160 Å². The standard InChI is InChI=1S/C25H38O/c1-17-13-25(12-11-24(16-25)9-4-5-10-24)21-23(3,26-21)14-18-7-6-8-22(2)15-19(17)20(18)22/h18-21H,1,4-16H2,2-3H3. The summed E-state index contributed by atoms with van der Waals surface area (Å²) in [5, 5.41) is 0. The summed E-state index contributed by atoms with van der Waals surface area (Å²) in [7, 11) is 0. The number of epoxide rings is 1. The van der Waals surface area contributed by atoms with Crippen LogP contribution in [0.3, 0.4) is 0 Å². The molecule has 7 atom stereocenters. The number of ether oxygens (including phenoxy) is 1. The number of hydrogen-bond donors (Lipinski definition) is 0. The molecule has 0 amide bonds. The second kappa shape index (κ2) is 5.00. The third-order valence-corrected chi connectivity index (χ3v) is 10.5. The van der Waals surface area contributed by atoms with E-state index in [1.165, 1.54) is 83.5 Å². The van der Waals surface area contributed by atoms with E-state index in [2.05, 4.69) is 13.8 Å². The van der Waals surface area contributed by atoms with E-state index in [-0.39, 0.29) is 5.60 Å². The van der Waals surface area contributed by atoms with Crippen molar-refractivity contribution in [2.45, 2.75) is 109 Å². The molecule has 1 saturated heterocycles. The smallest absolute Gasteiger partial charge is 0.0930 e. The largest absolute Gasteiger partial charge is 0.366 e. The Balaban J connectivity index is 1.35. The lowest BCUT2D eigenvalue weighted by Gasteiger charge is -2.61. The lowest BCUT2D eigenvalue weighted by Crippen LogP contribution is -2.53. The van der Waals surface area contributed by atoms with Gasteiger partial charge in [-0.15, -0.1) is 0 Å². The van der Waals surface area contributed by atoms with E-state index in [1.54, 1.807) is 5.57 Å². The van der Waals surface area contributed by atoms with E-state index in [0.29, 0.717) is 22.3 Å². The normalized spacial score (nSPS) is 57.1. The van der Waals surface area contributed by atoms with Gasteiger partial charge in [-0.25, -0.2) is 0 Å². The maximum absolute atomic E-state index is 6.66. The molecule has 6 fully saturated rings. The lowest BCUT2D eigenvalue weighted by molar-refractivity contribution is -0.0930. The highest BCUT2D eigenvalue weighted by atomic mass is 16.6. The highest BCUT2D eigenvalue weighted by molar-refractivity contribution is 5.25. The summed E-state index contributed by atoms with van der Waals surface area (Å²) in [5.74, 6) is 2.65. The van der Waals surface area contributed by atoms with Crippen LogP contribution >= 0.6 is 0 Å². The Morgan fingerprint density at radius 3 is 2.58 bits per heavy atom. The first-order valence-electron chi connectivity index (χ1n) is 11.7. The molecule has 1 aliphatic heterocycles. The maximum atomic E-state index is 6.66. The van der Waals surface area contributed by atoms with Gasteiger partial charge >= 0.3 is 0 Å². The van der Waals surface area contributed by atoms with Crippen LogP contribution < -0.4 is 0 Å². The summed E-state index contributed by atoms with van der Waals surface area (Å²) in [6.45, 7) is 9.83. The van der Waals surface area contributed by atoms with E-state index in [9.17, 15) is 0 Å². The van der Waals surface area contributed by atoms with E-state index >= 15 is 0 Å². The lowest BCUT2D eigenvalue weighted by atomic mass is 9.44. The Bertz CT molecular complexity index is 645. The Morgan fingerprint density at radius 2 is 1.77 bits per heavy atom. The van der Waals surface area contributed by atoms with Gasteiger partial charge in [0.1, 0.15) is 0 Å². The van der Waals surface area contributed by atoms with Gasteiger partial charge in [0.2, 0.25) is 0 Å². The summed E-state index contributed by atoms with van der Waals surface area (Å²) in [5.41, 5.74) is 3.57. The highest BCUT2D eigenvalue weighted by Crippen LogP contribution is 2.72. The fourth-order valence-electron chi connectivity index (χ4n) is 9.56. The fraction of sp³-hybridized carbons (Fsp3) is 0.920. The van der Waals surface area contributed by atoms with Crippen molar-refractivity contribution < 1.29 is 4.74 Å². The van der Waals surface area contributed by atoms with Crippen LogP contribution in [0.1, 0.15) is 97.3 Å². The zero-order valence-electron chi connectivity index (χ0n) is 17.1. The molecule has 6 rings (SSSR count). The van der Waals surface area contributed by atoms with Crippen molar-refractivity contribution in [3.8, 4) is 0 Å². The van der Waals surface area contributed by atoms with Crippen molar-refractivity contribution >= 4 is 0 Å². The molecule has 1 heterocycles. The molecule has 0 aromatic heterocycles. The Kier molecular flexibility index (Phi) is 3.20. The fourth-order valence-corrected chi connectivity index (χ4v) is 9.56. The number of rotatable bonds is 0. The van der Waals surface area contributed by atoms with Gasteiger partial charge < -0.3 is 4.74 Å². The molecule has 0 aromatic carbocycles. The minimum Gasteiger partial charge on any atom is -0.366 e. The summed E-state index contributed by atoms with van der Waals surface area (Å²) in [4.78, 5) is 0. The quantitative estimate of drug-likeness (QED) is 0.350. The van der Waals surface area contributed by atoms with E-state index in [4.69, 9.17) is 11.3 Å². The third-order valence-electron chi connectivity index (χ3n) is 10.5. The molecule has 144 valence electrons. The van der Waals surface area contributed by atoms with Crippen LogP contribution in [0.4, 0.5) is 0 Å². The van der Waals surface area contributed by atoms with E-state index < -0.39 is 0 Å². The molecule has 2 spiro atoms. The Morgan fingerprint density at radius 1 is 0.962 bits per heavy atom. The van der Waals surface area contributed by atoms with Crippen molar-refractivity contribution in [2.24, 2.45) is 34.0 Å². The summed E-state index contributed by atoms with van der Waals surface area (Å²) in [6, 6.07) is 0. The molecule has 5 saturated carbocycles. The maximum Gasteiger partial charge on any atom is 0.0930 e. The molecule has 1 heteroatoms. The molecule has 0 aromatic rings. The van der Waals surface area contributed by atoms with Gasteiger partial charge in [0.25, 0.3) is 0 Å². The SMILES string of the molecule is C=C1CC2(CCC3(CCCC3)C2)C2OC2(C)CC2CCCC3(C)CC1C23. The zero-order chi connectivity index (χ0) is 17.8. The molecule has 26 heavy (non-hydrogen) atoms. The number of fused-ring (bicyclic) bond motifs is 2. The van der Waals surface area contributed by atoms with Gasteiger partial charge in [0.05, 0.1) is 11.7 Å². The topological polar surface area (TPSA) is 12.5 Å². The molecule has 0 N–H and O–H groups in total. The van der Waals surface area contributed by atoms with Gasteiger partial charge in [0, 0.05) is 5.41 Å². The first-order chi connectivity index (χ1) is 12.4. The number of hydrogen-bond acceptors (Lipinski definition) is 1. The zero-order valence-corrected chi connectivity index (χ0v) is 17.1. The average molecular weight is 355 g/mol. The Hall–Kier alpha value is -0.300. The van der Waals surface area contributed by atoms with E-state index in [0.717, 1.165) is 17.8 Å². The first-order valence-corrected chi connectivity index (χ1v) is 11.7. The van der Waals surface area contributed by atoms with E-state index in [1.807, 2.05) is 0 Å². The molecule has 0 radical (unpaired) electrons. The van der Waals surface area contributed by atoms with Gasteiger partial charge in [-0.1, -0.05) is 44.8 Å². The molecule has 5 aliphatic carbocycles. The van der Waals surface area contributed by atoms with Gasteiger partial charge in [-0.2, -0.15) is 0 Å². The first kappa shape index (κ1) is 16.6. The molecular weight excluding hydrogens is 316 g/mol. The van der Waals surface area contributed by atoms with Crippen molar-refractivity contribution in [3.63, 3.8) is 0 Å². The van der Waals surface area contributed by atoms with Crippen molar-refractivity contribution in [1.82, 2.24) is 0 Å². The van der Waals surface area contributed by atoms with Crippen molar-refractivity contribution in [2.75, 3.05) is 0 Å². The highest BCUT2D eigenvalue weighted by Gasteiger charge is 2.69. The molecule has 1 nitrogen and oxygen atoms in total. The average Bonchev–Trinajstić information content (AvgIpc) is 2.94. The van der Waals surface area contributed by atoms with Crippen LogP contribution in [0.5, 0.6) is 0 Å². The molecule has 6 aliphatic rings. The molecule has 7 unspecified atom stereocenters. The van der Waals surface area contributed by atoms with Crippen LogP contribution in [0.25, 0.3) is 0 Å². The third kappa shape index (κ3) is 2.08. The van der Waals surface area contributed by atoms with Crippen LogP contribution in [-0.4, -0.2) is 11.7 Å². The monoisotopic (exact) mass is 354 g/mol. The predicted octanol–water partition coefficient (Wildman–Crippen LogP) is 6.67. The van der Waals surface area contributed by atoms with Gasteiger partial charge in [-0.3, -0.25) is 0 Å². The van der Waals surface area contributed by atoms with Crippen LogP contribution in [0, 0.1) is 34.0 Å². The summed E-state index contributed by atoms with van der Waals surface area (Å²) < 4.78 is 6.66. The van der Waals surface area contributed by atoms with Crippen LogP contribution in [0.2, 0.25) is 0 Å². The second-order valence-electron chi connectivity index (χ2n) is 12.2. The van der Waals surface area contributed by atoms with Gasteiger partial charge in [0.15, 0.2) is 0 Å². The predicted molar refractivity (Wildman–Crippen MR) is 106 cm³/mol. The van der Waals surface area contributed by atoms with Gasteiger partial charge in [-0.05, 0) is 93.3 Å². The van der Waals surface area contributed by atoms with Crippen molar-refractivity contribution in [3.05, 3.63) is 12.2 Å². The summed E-state index contributed by atoms with van der Waals surface area (Å²) >= 11 is 0.